The van der Waals surface area contributed by atoms with Crippen LogP contribution in [-0.4, -0.2) is 6.04 Å². The van der Waals surface area contributed by atoms with E-state index in [2.05, 4.69) is 19.2 Å². The van der Waals surface area contributed by atoms with Crippen LogP contribution in [0.15, 0.2) is 18.2 Å². The van der Waals surface area contributed by atoms with Gasteiger partial charge in [0.15, 0.2) is 0 Å². The number of hydrogen-bond acceptors (Lipinski definition) is 1. The molecule has 1 saturated carbocycles. The Labute approximate surface area is 114 Å². The molecular formula is C16H23F2N. The minimum absolute atomic E-state index is 0.346. The zero-order valence-electron chi connectivity index (χ0n) is 11.8. The molecule has 1 nitrogen and oxygen atoms in total. The molecule has 2 unspecified atom stereocenters. The molecule has 1 aromatic rings. The highest BCUT2D eigenvalue weighted by molar-refractivity contribution is 5.44. The highest BCUT2D eigenvalue weighted by Crippen LogP contribution is 2.31. The molecule has 106 valence electrons. The maximum atomic E-state index is 13.2. The predicted octanol–water partition coefficient (Wildman–Crippen LogP) is 4.98. The predicted molar refractivity (Wildman–Crippen MR) is 75.2 cm³/mol. The van der Waals surface area contributed by atoms with Crippen LogP contribution in [0.1, 0.15) is 46.0 Å². The first-order valence-electron chi connectivity index (χ1n) is 7.25. The van der Waals surface area contributed by atoms with Crippen molar-refractivity contribution in [3.8, 4) is 0 Å². The van der Waals surface area contributed by atoms with Gasteiger partial charge in [-0.1, -0.05) is 26.7 Å². The van der Waals surface area contributed by atoms with Gasteiger partial charge < -0.3 is 5.32 Å². The van der Waals surface area contributed by atoms with Gasteiger partial charge in [0.05, 0.1) is 0 Å². The first-order valence-corrected chi connectivity index (χ1v) is 7.25. The molecule has 0 saturated heterocycles. The monoisotopic (exact) mass is 267 g/mol. The highest BCUT2D eigenvalue weighted by Gasteiger charge is 2.22. The second kappa shape index (κ2) is 6.36. The lowest BCUT2D eigenvalue weighted by molar-refractivity contribution is 0.289. The Balaban J connectivity index is 1.94. The number of halogens is 2. The summed E-state index contributed by atoms with van der Waals surface area (Å²) in [6.07, 6.45) is 5.93. The standard InChI is InChI=1S/C16H23F2N/c1-11(2)6-12-4-3-5-15(7-12)19-16-9-13(17)8-14(18)10-16/h8-12,15,19H,3-7H2,1-2H3. The van der Waals surface area contributed by atoms with Crippen LogP contribution in [0.5, 0.6) is 0 Å². The molecule has 1 aliphatic carbocycles. The minimum Gasteiger partial charge on any atom is -0.382 e. The summed E-state index contributed by atoms with van der Waals surface area (Å²) in [5, 5.41) is 3.29. The van der Waals surface area contributed by atoms with Crippen molar-refractivity contribution in [3.05, 3.63) is 29.8 Å². The highest BCUT2D eigenvalue weighted by atomic mass is 19.1. The fraction of sp³-hybridized carbons (Fsp3) is 0.625. The molecule has 0 aliphatic heterocycles. The van der Waals surface area contributed by atoms with Gasteiger partial charge in [-0.3, -0.25) is 0 Å². The van der Waals surface area contributed by atoms with Crippen LogP contribution in [-0.2, 0) is 0 Å². The lowest BCUT2D eigenvalue weighted by Crippen LogP contribution is -2.28. The van der Waals surface area contributed by atoms with E-state index in [-0.39, 0.29) is 0 Å². The smallest absolute Gasteiger partial charge is 0.128 e. The van der Waals surface area contributed by atoms with E-state index < -0.39 is 11.6 Å². The molecule has 0 spiro atoms. The molecule has 1 aromatic carbocycles. The van der Waals surface area contributed by atoms with Crippen molar-refractivity contribution in [2.24, 2.45) is 11.8 Å². The normalized spacial score (nSPS) is 23.6. The summed E-state index contributed by atoms with van der Waals surface area (Å²) in [4.78, 5) is 0. The molecule has 0 amide bonds. The van der Waals surface area contributed by atoms with Crippen molar-refractivity contribution in [1.82, 2.24) is 0 Å². The zero-order valence-corrected chi connectivity index (χ0v) is 11.8. The molecule has 1 aliphatic rings. The summed E-state index contributed by atoms with van der Waals surface area (Å²) in [7, 11) is 0. The summed E-state index contributed by atoms with van der Waals surface area (Å²) < 4.78 is 26.3. The summed E-state index contributed by atoms with van der Waals surface area (Å²) >= 11 is 0. The van der Waals surface area contributed by atoms with Crippen molar-refractivity contribution in [2.45, 2.75) is 52.0 Å². The molecule has 3 heteroatoms. The molecule has 19 heavy (non-hydrogen) atoms. The largest absolute Gasteiger partial charge is 0.382 e. The van der Waals surface area contributed by atoms with Crippen LogP contribution >= 0.6 is 0 Å². The van der Waals surface area contributed by atoms with Gasteiger partial charge >= 0.3 is 0 Å². The van der Waals surface area contributed by atoms with Gasteiger partial charge in [0.25, 0.3) is 0 Å². The maximum absolute atomic E-state index is 13.2. The molecule has 0 aromatic heterocycles. The molecule has 2 atom stereocenters. The lowest BCUT2D eigenvalue weighted by Gasteiger charge is -2.31. The van der Waals surface area contributed by atoms with E-state index in [0.29, 0.717) is 11.7 Å². The van der Waals surface area contributed by atoms with Gasteiger partial charge in [0, 0.05) is 17.8 Å². The van der Waals surface area contributed by atoms with E-state index in [9.17, 15) is 8.78 Å². The summed E-state index contributed by atoms with van der Waals surface area (Å²) in [6, 6.07) is 4.00. The van der Waals surface area contributed by atoms with Crippen molar-refractivity contribution < 1.29 is 8.78 Å². The van der Waals surface area contributed by atoms with Crippen molar-refractivity contribution >= 4 is 5.69 Å². The average molecular weight is 267 g/mol. The van der Waals surface area contributed by atoms with Gasteiger partial charge in [0.2, 0.25) is 0 Å². The quantitative estimate of drug-likeness (QED) is 0.811. The van der Waals surface area contributed by atoms with Gasteiger partial charge in [-0.25, -0.2) is 8.78 Å². The van der Waals surface area contributed by atoms with Crippen molar-refractivity contribution in [1.29, 1.82) is 0 Å². The Morgan fingerprint density at radius 2 is 1.84 bits per heavy atom. The van der Waals surface area contributed by atoms with Crippen LogP contribution in [0, 0.1) is 23.5 Å². The van der Waals surface area contributed by atoms with Crippen molar-refractivity contribution in [3.63, 3.8) is 0 Å². The molecule has 0 bridgehead atoms. The van der Waals surface area contributed by atoms with E-state index in [1.54, 1.807) is 0 Å². The molecule has 2 rings (SSSR count). The van der Waals surface area contributed by atoms with E-state index in [1.165, 1.54) is 31.4 Å². The topological polar surface area (TPSA) is 12.0 Å². The third-order valence-corrected chi connectivity index (χ3v) is 3.82. The molecule has 1 N–H and O–H groups in total. The van der Waals surface area contributed by atoms with E-state index in [4.69, 9.17) is 0 Å². The van der Waals surface area contributed by atoms with Gasteiger partial charge in [0.1, 0.15) is 11.6 Å². The molecule has 0 heterocycles. The minimum atomic E-state index is -0.517. The summed E-state index contributed by atoms with van der Waals surface area (Å²) in [5.74, 6) is 0.425. The molecular weight excluding hydrogens is 244 g/mol. The summed E-state index contributed by atoms with van der Waals surface area (Å²) in [6.45, 7) is 4.50. The fourth-order valence-corrected chi connectivity index (χ4v) is 3.18. The third kappa shape index (κ3) is 4.48. The number of benzene rings is 1. The maximum Gasteiger partial charge on any atom is 0.128 e. The second-order valence-corrected chi connectivity index (χ2v) is 6.16. The Morgan fingerprint density at radius 1 is 1.16 bits per heavy atom. The number of nitrogens with one attached hydrogen (secondary N) is 1. The summed E-state index contributed by atoms with van der Waals surface area (Å²) in [5.41, 5.74) is 0.563. The zero-order chi connectivity index (χ0) is 13.8. The van der Waals surface area contributed by atoms with Crippen molar-refractivity contribution in [2.75, 3.05) is 5.32 Å². The molecule has 1 fully saturated rings. The van der Waals surface area contributed by atoms with Crippen LogP contribution < -0.4 is 5.32 Å². The van der Waals surface area contributed by atoms with Gasteiger partial charge in [-0.05, 0) is 43.2 Å². The molecule has 0 radical (unpaired) electrons. The van der Waals surface area contributed by atoms with Crippen LogP contribution in [0.4, 0.5) is 14.5 Å². The van der Waals surface area contributed by atoms with E-state index in [1.807, 2.05) is 0 Å². The Morgan fingerprint density at radius 3 is 2.47 bits per heavy atom. The Kier molecular flexibility index (Phi) is 4.78. The third-order valence-electron chi connectivity index (χ3n) is 3.82. The Bertz CT molecular complexity index is 397. The first kappa shape index (κ1) is 14.3. The number of anilines is 1. The van der Waals surface area contributed by atoms with Gasteiger partial charge in [-0.2, -0.15) is 0 Å². The van der Waals surface area contributed by atoms with E-state index in [0.717, 1.165) is 30.7 Å². The number of rotatable bonds is 4. The fourth-order valence-electron chi connectivity index (χ4n) is 3.18. The second-order valence-electron chi connectivity index (χ2n) is 6.16. The lowest BCUT2D eigenvalue weighted by atomic mass is 9.81. The van der Waals surface area contributed by atoms with Crippen LogP contribution in [0.2, 0.25) is 0 Å². The van der Waals surface area contributed by atoms with Gasteiger partial charge in [-0.15, -0.1) is 0 Å². The van der Waals surface area contributed by atoms with E-state index >= 15 is 0 Å². The average Bonchev–Trinajstić information content (AvgIpc) is 2.26. The number of hydrogen-bond donors (Lipinski definition) is 1. The Hall–Kier alpha value is -1.12. The van der Waals surface area contributed by atoms with Crippen LogP contribution in [0.25, 0.3) is 0 Å². The SMILES string of the molecule is CC(C)CC1CCCC(Nc2cc(F)cc(F)c2)C1. The first-order chi connectivity index (χ1) is 9.02. The van der Waals surface area contributed by atoms with Crippen LogP contribution in [0.3, 0.4) is 0 Å².